The van der Waals surface area contributed by atoms with Gasteiger partial charge in [-0.25, -0.2) is 0 Å². The number of aromatic nitrogens is 1. The minimum Gasteiger partial charge on any atom is -0.497 e. The molecule has 0 saturated carbocycles. The van der Waals surface area contributed by atoms with Crippen LogP contribution < -0.4 is 15.5 Å². The van der Waals surface area contributed by atoms with Crippen molar-refractivity contribution >= 4 is 11.6 Å². The Morgan fingerprint density at radius 1 is 1.32 bits per heavy atom. The number of methoxy groups -OCH3 is 1. The van der Waals surface area contributed by atoms with Gasteiger partial charge >= 0.3 is 0 Å². The Labute approximate surface area is 110 Å². The van der Waals surface area contributed by atoms with Gasteiger partial charge in [-0.3, -0.25) is 9.59 Å². The largest absolute Gasteiger partial charge is 0.497 e. The zero-order chi connectivity index (χ0) is 13.8. The first kappa shape index (κ1) is 12.9. The van der Waals surface area contributed by atoms with Gasteiger partial charge in [-0.05, 0) is 30.7 Å². The van der Waals surface area contributed by atoms with Crippen LogP contribution in [0.4, 0.5) is 5.69 Å². The topological polar surface area (TPSA) is 71.2 Å². The Kier molecular flexibility index (Phi) is 3.66. The summed E-state index contributed by atoms with van der Waals surface area (Å²) in [5, 5.41) is 2.70. The van der Waals surface area contributed by atoms with E-state index in [1.54, 1.807) is 19.2 Å². The molecule has 0 radical (unpaired) electrons. The number of amides is 1. The molecule has 1 aromatic carbocycles. The molecular weight excluding hydrogens is 244 g/mol. The van der Waals surface area contributed by atoms with E-state index in [2.05, 4.69) is 10.3 Å². The lowest BCUT2D eigenvalue weighted by atomic mass is 10.1. The van der Waals surface area contributed by atoms with Crippen LogP contribution in [0.5, 0.6) is 5.75 Å². The molecule has 19 heavy (non-hydrogen) atoms. The van der Waals surface area contributed by atoms with E-state index in [9.17, 15) is 9.59 Å². The van der Waals surface area contributed by atoms with Crippen molar-refractivity contribution in [3.63, 3.8) is 0 Å². The lowest BCUT2D eigenvalue weighted by Gasteiger charge is -2.09. The zero-order valence-corrected chi connectivity index (χ0v) is 10.7. The number of hydrogen-bond acceptors (Lipinski definition) is 3. The van der Waals surface area contributed by atoms with E-state index < -0.39 is 5.91 Å². The summed E-state index contributed by atoms with van der Waals surface area (Å²) in [6.07, 6.45) is 2.87. The van der Waals surface area contributed by atoms with E-state index in [-0.39, 0.29) is 11.0 Å². The maximum Gasteiger partial charge on any atom is 0.261 e. The highest BCUT2D eigenvalue weighted by Crippen LogP contribution is 2.21. The number of aryl methyl sites for hydroxylation is 1. The summed E-state index contributed by atoms with van der Waals surface area (Å²) in [4.78, 5) is 26.2. The average molecular weight is 258 g/mol. The van der Waals surface area contributed by atoms with Crippen LogP contribution in [0, 0.1) is 6.92 Å². The SMILES string of the molecule is COc1ccc(NC(=O)c2c[nH]ccc2=O)c(C)c1. The third kappa shape index (κ3) is 2.82. The van der Waals surface area contributed by atoms with E-state index in [0.29, 0.717) is 11.4 Å². The lowest BCUT2D eigenvalue weighted by Crippen LogP contribution is -2.21. The maximum absolute atomic E-state index is 12.0. The van der Waals surface area contributed by atoms with Crippen LogP contribution in [-0.2, 0) is 0 Å². The van der Waals surface area contributed by atoms with Crippen molar-refractivity contribution in [3.05, 3.63) is 58.0 Å². The van der Waals surface area contributed by atoms with E-state index in [0.717, 1.165) is 5.56 Å². The number of pyridine rings is 1. The molecule has 2 rings (SSSR count). The van der Waals surface area contributed by atoms with Crippen LogP contribution in [-0.4, -0.2) is 18.0 Å². The molecule has 0 aliphatic carbocycles. The Morgan fingerprint density at radius 3 is 2.74 bits per heavy atom. The van der Waals surface area contributed by atoms with Crippen LogP contribution in [0.3, 0.4) is 0 Å². The smallest absolute Gasteiger partial charge is 0.261 e. The second-order valence-electron chi connectivity index (χ2n) is 4.06. The van der Waals surface area contributed by atoms with Gasteiger partial charge in [0.05, 0.1) is 7.11 Å². The average Bonchev–Trinajstić information content (AvgIpc) is 2.41. The normalized spacial score (nSPS) is 10.0. The van der Waals surface area contributed by atoms with Crippen LogP contribution in [0.1, 0.15) is 15.9 Å². The Bertz CT molecular complexity index is 662. The number of H-pyrrole nitrogens is 1. The summed E-state index contributed by atoms with van der Waals surface area (Å²) in [5.74, 6) is 0.281. The molecule has 0 unspecified atom stereocenters. The number of nitrogens with one attached hydrogen (secondary N) is 2. The lowest BCUT2D eigenvalue weighted by molar-refractivity contribution is 0.102. The molecule has 1 amide bonds. The second kappa shape index (κ2) is 5.39. The van der Waals surface area contributed by atoms with E-state index in [1.807, 2.05) is 13.0 Å². The van der Waals surface area contributed by atoms with Crippen molar-refractivity contribution in [2.24, 2.45) is 0 Å². The minimum atomic E-state index is -0.435. The first-order valence-corrected chi connectivity index (χ1v) is 5.75. The molecule has 0 fully saturated rings. The molecule has 2 aromatic rings. The number of anilines is 1. The molecule has 2 N–H and O–H groups in total. The second-order valence-corrected chi connectivity index (χ2v) is 4.06. The van der Waals surface area contributed by atoms with Crippen molar-refractivity contribution in [1.29, 1.82) is 0 Å². The van der Waals surface area contributed by atoms with Gasteiger partial charge in [-0.15, -0.1) is 0 Å². The Balaban J connectivity index is 2.25. The zero-order valence-electron chi connectivity index (χ0n) is 10.7. The molecule has 98 valence electrons. The van der Waals surface area contributed by atoms with Crippen LogP contribution in [0.25, 0.3) is 0 Å². The van der Waals surface area contributed by atoms with Gasteiger partial charge in [0.2, 0.25) is 0 Å². The number of ether oxygens (including phenoxy) is 1. The van der Waals surface area contributed by atoms with E-state index >= 15 is 0 Å². The van der Waals surface area contributed by atoms with Gasteiger partial charge in [0.25, 0.3) is 5.91 Å². The monoisotopic (exact) mass is 258 g/mol. The number of rotatable bonds is 3. The highest BCUT2D eigenvalue weighted by atomic mass is 16.5. The van der Waals surface area contributed by atoms with Gasteiger partial charge in [-0.2, -0.15) is 0 Å². The molecule has 0 atom stereocenters. The molecule has 0 saturated heterocycles. The number of carbonyl (C=O) groups is 1. The predicted molar refractivity (Wildman–Crippen MR) is 72.7 cm³/mol. The quantitative estimate of drug-likeness (QED) is 0.883. The fourth-order valence-electron chi connectivity index (χ4n) is 1.69. The summed E-state index contributed by atoms with van der Waals surface area (Å²) < 4.78 is 5.09. The van der Waals surface area contributed by atoms with Gasteiger partial charge in [0.15, 0.2) is 5.43 Å². The Hall–Kier alpha value is -2.56. The number of aromatic amines is 1. The molecule has 0 bridgehead atoms. The first-order chi connectivity index (χ1) is 9.11. The summed E-state index contributed by atoms with van der Waals surface area (Å²) >= 11 is 0. The summed E-state index contributed by atoms with van der Waals surface area (Å²) in [5.41, 5.74) is 1.27. The summed E-state index contributed by atoms with van der Waals surface area (Å²) in [6, 6.07) is 6.61. The molecule has 0 aliphatic rings. The maximum atomic E-state index is 12.0. The number of benzene rings is 1. The molecule has 5 heteroatoms. The molecule has 1 heterocycles. The van der Waals surface area contributed by atoms with Crippen molar-refractivity contribution in [2.45, 2.75) is 6.92 Å². The van der Waals surface area contributed by atoms with Gasteiger partial charge in [-0.1, -0.05) is 0 Å². The fourth-order valence-corrected chi connectivity index (χ4v) is 1.69. The Morgan fingerprint density at radius 2 is 2.11 bits per heavy atom. The van der Waals surface area contributed by atoms with Gasteiger partial charge in [0.1, 0.15) is 11.3 Å². The third-order valence-corrected chi connectivity index (χ3v) is 2.75. The molecule has 5 nitrogen and oxygen atoms in total. The van der Waals surface area contributed by atoms with E-state index in [1.165, 1.54) is 18.5 Å². The van der Waals surface area contributed by atoms with E-state index in [4.69, 9.17) is 4.74 Å². The predicted octanol–water partition coefficient (Wildman–Crippen LogP) is 1.94. The van der Waals surface area contributed by atoms with Crippen molar-refractivity contribution in [2.75, 3.05) is 12.4 Å². The highest BCUT2D eigenvalue weighted by Gasteiger charge is 2.11. The summed E-state index contributed by atoms with van der Waals surface area (Å²) in [7, 11) is 1.58. The third-order valence-electron chi connectivity index (χ3n) is 2.75. The van der Waals surface area contributed by atoms with Crippen molar-refractivity contribution < 1.29 is 9.53 Å². The molecule has 0 spiro atoms. The number of carbonyl (C=O) groups excluding carboxylic acids is 1. The minimum absolute atomic E-state index is 0.0812. The summed E-state index contributed by atoms with van der Waals surface area (Å²) in [6.45, 7) is 1.85. The fraction of sp³-hybridized carbons (Fsp3) is 0.143. The molecular formula is C14H14N2O3. The molecule has 0 aliphatic heterocycles. The van der Waals surface area contributed by atoms with Crippen LogP contribution in [0.2, 0.25) is 0 Å². The van der Waals surface area contributed by atoms with Crippen molar-refractivity contribution in [3.8, 4) is 5.75 Å². The van der Waals surface area contributed by atoms with Crippen LogP contribution in [0.15, 0.2) is 41.5 Å². The molecule has 1 aromatic heterocycles. The first-order valence-electron chi connectivity index (χ1n) is 5.75. The van der Waals surface area contributed by atoms with Gasteiger partial charge in [0, 0.05) is 24.1 Å². The highest BCUT2D eigenvalue weighted by molar-refractivity contribution is 6.04. The standard InChI is InChI=1S/C14H14N2O3/c1-9-7-10(19-2)3-4-12(9)16-14(18)11-8-15-6-5-13(11)17/h3-8H,1-2H3,(H,15,17)(H,16,18). The van der Waals surface area contributed by atoms with Gasteiger partial charge < -0.3 is 15.0 Å². The van der Waals surface area contributed by atoms with Crippen molar-refractivity contribution in [1.82, 2.24) is 4.98 Å². The number of hydrogen-bond donors (Lipinski definition) is 2. The van der Waals surface area contributed by atoms with Crippen LogP contribution >= 0.6 is 0 Å².